The number of benzene rings is 1. The Balaban J connectivity index is 2.35. The molecular formula is C11H10BrN3OS. The quantitative estimate of drug-likeness (QED) is 0.883. The van der Waals surface area contributed by atoms with E-state index in [4.69, 9.17) is 10.5 Å². The summed E-state index contributed by atoms with van der Waals surface area (Å²) in [6, 6.07) is 7.74. The van der Waals surface area contributed by atoms with E-state index in [1.807, 2.05) is 24.3 Å². The van der Waals surface area contributed by atoms with Crippen LogP contribution in [0.25, 0.3) is 0 Å². The molecule has 4 nitrogen and oxygen atoms in total. The van der Waals surface area contributed by atoms with E-state index in [0.717, 1.165) is 15.7 Å². The smallest absolute Gasteiger partial charge is 0.142 e. The van der Waals surface area contributed by atoms with Gasteiger partial charge in [-0.05, 0) is 28.1 Å². The summed E-state index contributed by atoms with van der Waals surface area (Å²) in [4.78, 5) is 9.06. The summed E-state index contributed by atoms with van der Waals surface area (Å²) in [6.45, 7) is 0. The molecule has 2 rings (SSSR count). The fraction of sp³-hybridized carbons (Fsp3) is 0.0909. The monoisotopic (exact) mass is 311 g/mol. The highest BCUT2D eigenvalue weighted by Gasteiger charge is 2.10. The first kappa shape index (κ1) is 12.2. The van der Waals surface area contributed by atoms with E-state index in [1.165, 1.54) is 18.1 Å². The van der Waals surface area contributed by atoms with E-state index in [2.05, 4.69) is 25.9 Å². The van der Waals surface area contributed by atoms with E-state index in [-0.39, 0.29) is 0 Å². The molecule has 0 atom stereocenters. The largest absolute Gasteiger partial charge is 0.496 e. The summed E-state index contributed by atoms with van der Waals surface area (Å²) in [7, 11) is 1.64. The number of aromatic nitrogens is 2. The van der Waals surface area contributed by atoms with Gasteiger partial charge >= 0.3 is 0 Å². The Morgan fingerprint density at radius 1 is 1.29 bits per heavy atom. The van der Waals surface area contributed by atoms with Gasteiger partial charge in [-0.2, -0.15) is 0 Å². The molecule has 6 heteroatoms. The van der Waals surface area contributed by atoms with Crippen molar-refractivity contribution in [3.63, 3.8) is 0 Å². The number of anilines is 1. The number of nitrogens with zero attached hydrogens (tertiary/aromatic N) is 2. The number of methoxy groups -OCH3 is 1. The van der Waals surface area contributed by atoms with Crippen molar-refractivity contribution in [2.75, 3.05) is 12.8 Å². The lowest BCUT2D eigenvalue weighted by Gasteiger charge is -2.08. The molecule has 88 valence electrons. The van der Waals surface area contributed by atoms with Crippen molar-refractivity contribution in [2.24, 2.45) is 0 Å². The Labute approximate surface area is 112 Å². The van der Waals surface area contributed by atoms with E-state index in [1.54, 1.807) is 7.11 Å². The van der Waals surface area contributed by atoms with Crippen molar-refractivity contribution < 1.29 is 4.74 Å². The predicted molar refractivity (Wildman–Crippen MR) is 71.3 cm³/mol. The van der Waals surface area contributed by atoms with Crippen LogP contribution in [0.3, 0.4) is 0 Å². The molecule has 0 amide bonds. The second kappa shape index (κ2) is 5.37. The molecule has 0 spiro atoms. The van der Waals surface area contributed by atoms with Gasteiger partial charge in [-0.1, -0.05) is 23.9 Å². The van der Waals surface area contributed by atoms with Gasteiger partial charge in [-0.25, -0.2) is 9.97 Å². The third-order valence-corrected chi connectivity index (χ3v) is 4.16. The number of ether oxygens (including phenoxy) is 1. The normalized spacial score (nSPS) is 10.2. The van der Waals surface area contributed by atoms with Crippen molar-refractivity contribution in [1.82, 2.24) is 9.97 Å². The van der Waals surface area contributed by atoms with Gasteiger partial charge in [0.05, 0.1) is 16.5 Å². The van der Waals surface area contributed by atoms with Crippen molar-refractivity contribution in [2.45, 2.75) is 9.92 Å². The molecule has 0 aliphatic rings. The van der Waals surface area contributed by atoms with Crippen LogP contribution in [0, 0.1) is 0 Å². The Morgan fingerprint density at radius 3 is 2.82 bits per heavy atom. The van der Waals surface area contributed by atoms with Crippen LogP contribution in [0.5, 0.6) is 5.75 Å². The minimum Gasteiger partial charge on any atom is -0.496 e. The standard InChI is InChI=1S/C11H10BrN3OS/c1-16-7-4-2-3-5-8(7)17-11-9(12)10(13)14-6-15-11/h2-6H,1H3,(H2,13,14,15). The maximum absolute atomic E-state index is 5.70. The molecule has 1 aromatic carbocycles. The average Bonchev–Trinajstić information content (AvgIpc) is 2.35. The first-order chi connectivity index (χ1) is 8.22. The van der Waals surface area contributed by atoms with Crippen LogP contribution >= 0.6 is 27.7 Å². The molecule has 0 aliphatic heterocycles. The van der Waals surface area contributed by atoms with Gasteiger partial charge in [0.1, 0.15) is 22.9 Å². The highest BCUT2D eigenvalue weighted by molar-refractivity contribution is 9.10. The summed E-state index contributed by atoms with van der Waals surface area (Å²) in [5.74, 6) is 1.24. The van der Waals surface area contributed by atoms with Crippen molar-refractivity contribution in [1.29, 1.82) is 0 Å². The molecule has 2 N–H and O–H groups in total. The van der Waals surface area contributed by atoms with Gasteiger partial charge in [0.15, 0.2) is 0 Å². The Bertz CT molecular complexity index is 536. The summed E-state index contributed by atoms with van der Waals surface area (Å²) >= 11 is 4.85. The highest BCUT2D eigenvalue weighted by atomic mass is 79.9. The van der Waals surface area contributed by atoms with Crippen LogP contribution in [0.2, 0.25) is 0 Å². The van der Waals surface area contributed by atoms with Gasteiger partial charge in [-0.3, -0.25) is 0 Å². The molecule has 0 radical (unpaired) electrons. The molecule has 17 heavy (non-hydrogen) atoms. The third-order valence-electron chi connectivity index (χ3n) is 2.06. The maximum Gasteiger partial charge on any atom is 0.142 e. The summed E-state index contributed by atoms with van der Waals surface area (Å²) < 4.78 is 5.98. The van der Waals surface area contributed by atoms with Gasteiger partial charge in [-0.15, -0.1) is 0 Å². The SMILES string of the molecule is COc1ccccc1Sc1ncnc(N)c1Br. The van der Waals surface area contributed by atoms with Gasteiger partial charge in [0.2, 0.25) is 0 Å². The summed E-state index contributed by atoms with van der Waals surface area (Å²) in [5, 5.41) is 0.766. The lowest BCUT2D eigenvalue weighted by atomic mass is 10.3. The second-order valence-electron chi connectivity index (χ2n) is 3.13. The number of hydrogen-bond donors (Lipinski definition) is 1. The van der Waals surface area contributed by atoms with Crippen LogP contribution < -0.4 is 10.5 Å². The van der Waals surface area contributed by atoms with Gasteiger partial charge in [0, 0.05) is 0 Å². The highest BCUT2D eigenvalue weighted by Crippen LogP contribution is 2.37. The van der Waals surface area contributed by atoms with Crippen molar-refractivity contribution in [3.8, 4) is 5.75 Å². The molecule has 0 bridgehead atoms. The third kappa shape index (κ3) is 2.70. The van der Waals surface area contributed by atoms with Crippen LogP contribution in [0.15, 0.2) is 45.0 Å². The number of para-hydroxylation sites is 1. The Hall–Kier alpha value is -1.27. The molecule has 0 saturated carbocycles. The molecule has 0 unspecified atom stereocenters. The van der Waals surface area contributed by atoms with E-state index in [9.17, 15) is 0 Å². The van der Waals surface area contributed by atoms with Crippen LogP contribution in [-0.2, 0) is 0 Å². The molecule has 1 heterocycles. The zero-order valence-corrected chi connectivity index (χ0v) is 11.5. The first-order valence-corrected chi connectivity index (χ1v) is 6.40. The fourth-order valence-corrected chi connectivity index (χ4v) is 2.59. The number of hydrogen-bond acceptors (Lipinski definition) is 5. The maximum atomic E-state index is 5.70. The predicted octanol–water partition coefficient (Wildman–Crippen LogP) is 2.98. The second-order valence-corrected chi connectivity index (χ2v) is 4.95. The topological polar surface area (TPSA) is 61.0 Å². The Morgan fingerprint density at radius 2 is 2.06 bits per heavy atom. The number of halogens is 1. The summed E-state index contributed by atoms with van der Waals surface area (Å²) in [6.07, 6.45) is 1.44. The minimum absolute atomic E-state index is 0.428. The lowest BCUT2D eigenvalue weighted by molar-refractivity contribution is 0.405. The minimum atomic E-state index is 0.428. The van der Waals surface area contributed by atoms with Crippen LogP contribution in [0.4, 0.5) is 5.82 Å². The molecular weight excluding hydrogens is 302 g/mol. The zero-order chi connectivity index (χ0) is 12.3. The molecule has 0 fully saturated rings. The first-order valence-electron chi connectivity index (χ1n) is 4.79. The number of nitrogens with two attached hydrogens (primary N) is 1. The van der Waals surface area contributed by atoms with Gasteiger partial charge in [0.25, 0.3) is 0 Å². The van der Waals surface area contributed by atoms with Crippen LogP contribution in [-0.4, -0.2) is 17.1 Å². The van der Waals surface area contributed by atoms with Gasteiger partial charge < -0.3 is 10.5 Å². The molecule has 2 aromatic rings. The Kier molecular flexibility index (Phi) is 3.86. The van der Waals surface area contributed by atoms with Crippen molar-refractivity contribution >= 4 is 33.5 Å². The fourth-order valence-electron chi connectivity index (χ4n) is 1.24. The summed E-state index contributed by atoms with van der Waals surface area (Å²) in [5.41, 5.74) is 5.70. The molecule has 1 aromatic heterocycles. The zero-order valence-electron chi connectivity index (χ0n) is 9.05. The number of rotatable bonds is 3. The molecule has 0 saturated heterocycles. The van der Waals surface area contributed by atoms with E-state index in [0.29, 0.717) is 10.3 Å². The van der Waals surface area contributed by atoms with Crippen LogP contribution in [0.1, 0.15) is 0 Å². The van der Waals surface area contributed by atoms with E-state index < -0.39 is 0 Å². The average molecular weight is 312 g/mol. The van der Waals surface area contributed by atoms with E-state index >= 15 is 0 Å². The molecule has 0 aliphatic carbocycles. The number of nitrogen functional groups attached to an aromatic ring is 1. The lowest BCUT2D eigenvalue weighted by Crippen LogP contribution is -1.95. The van der Waals surface area contributed by atoms with Crippen molar-refractivity contribution in [3.05, 3.63) is 35.1 Å².